The number of nitrogens with one attached hydrogen (secondary N) is 2. The van der Waals surface area contributed by atoms with Gasteiger partial charge in [-0.15, -0.1) is 0 Å². The second kappa shape index (κ2) is 4.65. The van der Waals surface area contributed by atoms with Gasteiger partial charge in [-0.2, -0.15) is 5.10 Å². The first-order valence-electron chi connectivity index (χ1n) is 6.44. The summed E-state index contributed by atoms with van der Waals surface area (Å²) in [6, 6.07) is 2.06. The minimum Gasteiger partial charge on any atom is -0.381 e. The lowest BCUT2D eigenvalue weighted by molar-refractivity contribution is 0.183. The number of aromatic nitrogens is 4. The number of aryl methyl sites for hydroxylation is 1. The van der Waals surface area contributed by atoms with E-state index in [1.165, 1.54) is 4.40 Å². The van der Waals surface area contributed by atoms with Crippen LogP contribution in [0.3, 0.4) is 0 Å². The van der Waals surface area contributed by atoms with Gasteiger partial charge in [0.05, 0.1) is 6.61 Å². The van der Waals surface area contributed by atoms with E-state index in [0.717, 1.165) is 25.5 Å². The first kappa shape index (κ1) is 12.2. The van der Waals surface area contributed by atoms with E-state index in [4.69, 9.17) is 4.74 Å². The number of fused-ring (bicyclic) bond motifs is 1. The van der Waals surface area contributed by atoms with Crippen molar-refractivity contribution in [1.29, 1.82) is 0 Å². The molecule has 7 nitrogen and oxygen atoms in total. The molecule has 3 rings (SSSR count). The molecular weight excluding hydrogens is 246 g/mol. The number of H-pyrrole nitrogens is 1. The lowest BCUT2D eigenvalue weighted by Crippen LogP contribution is -2.27. The number of hydrogen-bond donors (Lipinski definition) is 2. The molecule has 7 heteroatoms. The molecule has 0 spiro atoms. The van der Waals surface area contributed by atoms with Gasteiger partial charge >= 0.3 is 5.69 Å². The van der Waals surface area contributed by atoms with Gasteiger partial charge in [0.1, 0.15) is 11.6 Å². The van der Waals surface area contributed by atoms with Crippen LogP contribution in [0, 0.1) is 12.8 Å². The summed E-state index contributed by atoms with van der Waals surface area (Å²) in [4.78, 5) is 15.9. The largest absolute Gasteiger partial charge is 0.381 e. The standard InChI is InChI=1S/C12H17N5O2/c1-7(9-3-4-19-6-9)13-10-5-11-15-16-12(18)17(11)8(2)14-10/h5,7,9,13H,3-4,6H2,1-2H3,(H,16,18). The molecule has 2 aromatic heterocycles. The lowest BCUT2D eigenvalue weighted by atomic mass is 10.0. The molecule has 0 saturated carbocycles. The SMILES string of the molecule is Cc1nc(NC(C)C2CCOC2)cc2n[nH]c(=O)n12. The second-order valence-electron chi connectivity index (χ2n) is 4.97. The summed E-state index contributed by atoms with van der Waals surface area (Å²) in [5, 5.41) is 9.75. The fraction of sp³-hybridized carbons (Fsp3) is 0.583. The van der Waals surface area contributed by atoms with E-state index in [9.17, 15) is 4.79 Å². The first-order valence-corrected chi connectivity index (χ1v) is 6.44. The van der Waals surface area contributed by atoms with Crippen LogP contribution in [-0.4, -0.2) is 38.8 Å². The molecule has 102 valence electrons. The summed E-state index contributed by atoms with van der Waals surface area (Å²) in [6.45, 7) is 5.53. The average Bonchev–Trinajstić information content (AvgIpc) is 2.99. The quantitative estimate of drug-likeness (QED) is 0.845. The number of anilines is 1. The molecule has 0 aliphatic carbocycles. The molecular formula is C12H17N5O2. The molecule has 3 heterocycles. The monoisotopic (exact) mass is 263 g/mol. The Morgan fingerprint density at radius 1 is 1.63 bits per heavy atom. The number of nitrogens with zero attached hydrogens (tertiary/aromatic N) is 3. The Bertz CT molecular complexity index is 641. The van der Waals surface area contributed by atoms with Gasteiger partial charge in [0, 0.05) is 24.6 Å². The molecule has 2 unspecified atom stereocenters. The van der Waals surface area contributed by atoms with E-state index in [1.54, 1.807) is 13.0 Å². The Morgan fingerprint density at radius 3 is 3.21 bits per heavy atom. The van der Waals surface area contributed by atoms with Crippen molar-refractivity contribution >= 4 is 11.5 Å². The molecule has 0 amide bonds. The van der Waals surface area contributed by atoms with E-state index in [0.29, 0.717) is 17.4 Å². The third-order valence-electron chi connectivity index (χ3n) is 3.62. The zero-order chi connectivity index (χ0) is 13.4. The van der Waals surface area contributed by atoms with E-state index in [-0.39, 0.29) is 11.7 Å². The zero-order valence-corrected chi connectivity index (χ0v) is 11.0. The van der Waals surface area contributed by atoms with Gasteiger partial charge in [0.25, 0.3) is 0 Å². The summed E-state index contributed by atoms with van der Waals surface area (Å²) >= 11 is 0. The van der Waals surface area contributed by atoms with Crippen molar-refractivity contribution < 1.29 is 4.74 Å². The van der Waals surface area contributed by atoms with E-state index < -0.39 is 0 Å². The predicted molar refractivity (Wildman–Crippen MR) is 70.4 cm³/mol. The highest BCUT2D eigenvalue weighted by molar-refractivity contribution is 5.50. The van der Waals surface area contributed by atoms with Gasteiger partial charge < -0.3 is 10.1 Å². The van der Waals surface area contributed by atoms with Crippen LogP contribution in [0.15, 0.2) is 10.9 Å². The number of ether oxygens (including phenoxy) is 1. The van der Waals surface area contributed by atoms with Gasteiger partial charge in [-0.3, -0.25) is 0 Å². The van der Waals surface area contributed by atoms with E-state index in [1.807, 2.05) is 0 Å². The summed E-state index contributed by atoms with van der Waals surface area (Å²) in [6.07, 6.45) is 1.07. The van der Waals surface area contributed by atoms with Crippen molar-refractivity contribution in [3.63, 3.8) is 0 Å². The summed E-state index contributed by atoms with van der Waals surface area (Å²) < 4.78 is 6.84. The molecule has 2 aromatic rings. The van der Waals surface area contributed by atoms with Gasteiger partial charge in [0.15, 0.2) is 5.65 Å². The van der Waals surface area contributed by atoms with Crippen molar-refractivity contribution in [2.75, 3.05) is 18.5 Å². The average molecular weight is 263 g/mol. The Kier molecular flexibility index (Phi) is 2.98. The highest BCUT2D eigenvalue weighted by Gasteiger charge is 2.22. The minimum absolute atomic E-state index is 0.260. The lowest BCUT2D eigenvalue weighted by Gasteiger charge is -2.20. The van der Waals surface area contributed by atoms with E-state index >= 15 is 0 Å². The third-order valence-corrected chi connectivity index (χ3v) is 3.62. The second-order valence-corrected chi connectivity index (χ2v) is 4.97. The zero-order valence-electron chi connectivity index (χ0n) is 11.0. The van der Waals surface area contributed by atoms with Gasteiger partial charge in [-0.25, -0.2) is 19.3 Å². The Hall–Kier alpha value is -1.89. The molecule has 2 atom stereocenters. The van der Waals surface area contributed by atoms with Crippen molar-refractivity contribution in [3.05, 3.63) is 22.4 Å². The van der Waals surface area contributed by atoms with Crippen molar-refractivity contribution in [3.8, 4) is 0 Å². The fourth-order valence-electron chi connectivity index (χ4n) is 2.47. The minimum atomic E-state index is -0.260. The highest BCUT2D eigenvalue weighted by atomic mass is 16.5. The summed E-state index contributed by atoms with van der Waals surface area (Å²) in [7, 11) is 0. The normalized spacial score (nSPS) is 20.8. The third kappa shape index (κ3) is 2.21. The van der Waals surface area contributed by atoms with Crippen LogP contribution in [0.5, 0.6) is 0 Å². The smallest absolute Gasteiger partial charge is 0.349 e. The maximum absolute atomic E-state index is 11.5. The number of rotatable bonds is 3. The van der Waals surface area contributed by atoms with Crippen LogP contribution in [-0.2, 0) is 4.74 Å². The van der Waals surface area contributed by atoms with Crippen LogP contribution in [0.25, 0.3) is 5.65 Å². The summed E-state index contributed by atoms with van der Waals surface area (Å²) in [5.74, 6) is 1.86. The van der Waals surface area contributed by atoms with Gasteiger partial charge in [-0.1, -0.05) is 0 Å². The highest BCUT2D eigenvalue weighted by Crippen LogP contribution is 2.19. The van der Waals surface area contributed by atoms with E-state index in [2.05, 4.69) is 27.4 Å². The molecule has 2 N–H and O–H groups in total. The van der Waals surface area contributed by atoms with Gasteiger partial charge in [0.2, 0.25) is 0 Å². The molecule has 0 bridgehead atoms. The Labute approximate surface area is 110 Å². The molecule has 0 radical (unpaired) electrons. The Morgan fingerprint density at radius 2 is 2.47 bits per heavy atom. The predicted octanol–water partition coefficient (Wildman–Crippen LogP) is 0.563. The molecule has 1 saturated heterocycles. The van der Waals surface area contributed by atoms with Crippen LogP contribution in [0.1, 0.15) is 19.2 Å². The molecule has 1 fully saturated rings. The van der Waals surface area contributed by atoms with Crippen molar-refractivity contribution in [1.82, 2.24) is 19.6 Å². The summed E-state index contributed by atoms with van der Waals surface area (Å²) in [5.41, 5.74) is 0.318. The van der Waals surface area contributed by atoms with Crippen LogP contribution in [0.4, 0.5) is 5.82 Å². The molecule has 1 aliphatic rings. The van der Waals surface area contributed by atoms with Crippen LogP contribution >= 0.6 is 0 Å². The van der Waals surface area contributed by atoms with Crippen molar-refractivity contribution in [2.24, 2.45) is 5.92 Å². The maximum Gasteiger partial charge on any atom is 0.349 e. The van der Waals surface area contributed by atoms with Crippen molar-refractivity contribution in [2.45, 2.75) is 26.3 Å². The molecule has 0 aromatic carbocycles. The van der Waals surface area contributed by atoms with Crippen LogP contribution < -0.4 is 11.0 Å². The molecule has 1 aliphatic heterocycles. The Balaban J connectivity index is 1.86. The number of aromatic amines is 1. The fourth-order valence-corrected chi connectivity index (χ4v) is 2.47. The first-order chi connectivity index (χ1) is 9.15. The van der Waals surface area contributed by atoms with Gasteiger partial charge in [-0.05, 0) is 20.3 Å². The number of hydrogen-bond acceptors (Lipinski definition) is 5. The maximum atomic E-state index is 11.5. The van der Waals surface area contributed by atoms with Crippen LogP contribution in [0.2, 0.25) is 0 Å². The topological polar surface area (TPSA) is 84.3 Å². The molecule has 19 heavy (non-hydrogen) atoms.